The van der Waals surface area contributed by atoms with E-state index in [2.05, 4.69) is 36.9 Å². The zero-order chi connectivity index (χ0) is 13.9. The van der Waals surface area contributed by atoms with Crippen LogP contribution >= 0.6 is 15.9 Å². The molecule has 1 saturated heterocycles. The van der Waals surface area contributed by atoms with Crippen LogP contribution in [-0.4, -0.2) is 34.3 Å². The van der Waals surface area contributed by atoms with E-state index in [9.17, 15) is 5.11 Å². The van der Waals surface area contributed by atoms with E-state index < -0.39 is 0 Å². The fraction of sp³-hybridized carbons (Fsp3) is 0.467. The lowest BCUT2D eigenvalue weighted by molar-refractivity contribution is 0.262. The molecule has 1 aromatic carbocycles. The third-order valence-electron chi connectivity index (χ3n) is 3.94. The van der Waals surface area contributed by atoms with Crippen LogP contribution in [0.4, 0.5) is 5.82 Å². The molecular formula is C15H18BrN3O. The van der Waals surface area contributed by atoms with Gasteiger partial charge in [0.2, 0.25) is 0 Å². The van der Waals surface area contributed by atoms with Gasteiger partial charge in [-0.3, -0.25) is 0 Å². The highest BCUT2D eigenvalue weighted by molar-refractivity contribution is 9.10. The fourth-order valence-electron chi connectivity index (χ4n) is 2.97. The maximum atomic E-state index is 9.27. The standard InChI is InChI=1S/C15H18BrN3O/c16-11-4-5-14-13(9-11)15(18-10-17-14)19-7-2-1-3-12(19)6-8-20/h4-5,9-10,12,20H,1-3,6-8H2. The summed E-state index contributed by atoms with van der Waals surface area (Å²) in [6.45, 7) is 1.23. The Morgan fingerprint density at radius 2 is 2.20 bits per heavy atom. The largest absolute Gasteiger partial charge is 0.396 e. The highest BCUT2D eigenvalue weighted by atomic mass is 79.9. The summed E-state index contributed by atoms with van der Waals surface area (Å²) < 4.78 is 1.04. The first-order valence-electron chi connectivity index (χ1n) is 7.07. The molecule has 1 aromatic heterocycles. The number of hydrogen-bond acceptors (Lipinski definition) is 4. The number of aliphatic hydroxyl groups is 1. The van der Waals surface area contributed by atoms with Crippen LogP contribution in [0.15, 0.2) is 29.0 Å². The molecule has 2 heterocycles. The third-order valence-corrected chi connectivity index (χ3v) is 4.43. The van der Waals surface area contributed by atoms with Gasteiger partial charge in [-0.05, 0) is 43.9 Å². The molecule has 0 saturated carbocycles. The molecule has 4 nitrogen and oxygen atoms in total. The molecule has 20 heavy (non-hydrogen) atoms. The normalized spacial score (nSPS) is 19.5. The number of aromatic nitrogens is 2. The van der Waals surface area contributed by atoms with Crippen LogP contribution in [0.25, 0.3) is 10.9 Å². The van der Waals surface area contributed by atoms with Crippen LogP contribution in [0.3, 0.4) is 0 Å². The van der Waals surface area contributed by atoms with Crippen LogP contribution in [0, 0.1) is 0 Å². The Hall–Kier alpha value is -1.20. The highest BCUT2D eigenvalue weighted by Crippen LogP contribution is 2.31. The highest BCUT2D eigenvalue weighted by Gasteiger charge is 2.24. The molecule has 1 atom stereocenters. The minimum atomic E-state index is 0.230. The Balaban J connectivity index is 2.05. The van der Waals surface area contributed by atoms with Crippen LogP contribution in [0.2, 0.25) is 0 Å². The maximum Gasteiger partial charge on any atom is 0.140 e. The lowest BCUT2D eigenvalue weighted by atomic mass is 9.99. The summed E-state index contributed by atoms with van der Waals surface area (Å²) in [5.41, 5.74) is 0.964. The Morgan fingerprint density at radius 1 is 1.30 bits per heavy atom. The van der Waals surface area contributed by atoms with E-state index in [1.165, 1.54) is 12.8 Å². The molecule has 0 spiro atoms. The van der Waals surface area contributed by atoms with Gasteiger partial charge < -0.3 is 10.0 Å². The molecule has 5 heteroatoms. The van der Waals surface area contributed by atoms with E-state index in [0.717, 1.165) is 40.6 Å². The molecule has 1 fully saturated rings. The first-order chi connectivity index (χ1) is 9.79. The van der Waals surface area contributed by atoms with Crippen LogP contribution in [-0.2, 0) is 0 Å². The van der Waals surface area contributed by atoms with Crippen LogP contribution < -0.4 is 4.90 Å². The van der Waals surface area contributed by atoms with Crippen LogP contribution in [0.5, 0.6) is 0 Å². The van der Waals surface area contributed by atoms with E-state index in [0.29, 0.717) is 6.04 Å². The quantitative estimate of drug-likeness (QED) is 0.936. The second-order valence-electron chi connectivity index (χ2n) is 5.21. The Labute approximate surface area is 127 Å². The molecular weight excluding hydrogens is 318 g/mol. The van der Waals surface area contributed by atoms with Gasteiger partial charge in [0.15, 0.2) is 0 Å². The molecule has 1 aliphatic rings. The Bertz CT molecular complexity index is 603. The predicted octanol–water partition coefficient (Wildman–Crippen LogP) is 3.13. The topological polar surface area (TPSA) is 49.2 Å². The monoisotopic (exact) mass is 335 g/mol. The van der Waals surface area contributed by atoms with Crippen molar-refractivity contribution in [3.05, 3.63) is 29.0 Å². The molecule has 2 aromatic rings. The first-order valence-corrected chi connectivity index (χ1v) is 7.86. The zero-order valence-electron chi connectivity index (χ0n) is 11.3. The average Bonchev–Trinajstić information content (AvgIpc) is 2.48. The van der Waals surface area contributed by atoms with Gasteiger partial charge in [0.1, 0.15) is 12.1 Å². The number of piperidine rings is 1. The minimum absolute atomic E-state index is 0.230. The van der Waals surface area contributed by atoms with E-state index >= 15 is 0 Å². The molecule has 0 amide bonds. The van der Waals surface area contributed by atoms with Crippen molar-refractivity contribution in [3.63, 3.8) is 0 Å². The van der Waals surface area contributed by atoms with Gasteiger partial charge in [0.05, 0.1) is 5.52 Å². The lowest BCUT2D eigenvalue weighted by Crippen LogP contribution is -2.40. The summed E-state index contributed by atoms with van der Waals surface area (Å²) in [4.78, 5) is 11.2. The van der Waals surface area contributed by atoms with Crippen molar-refractivity contribution in [2.75, 3.05) is 18.1 Å². The fourth-order valence-corrected chi connectivity index (χ4v) is 3.33. The van der Waals surface area contributed by atoms with Crippen molar-refractivity contribution in [2.45, 2.75) is 31.7 Å². The van der Waals surface area contributed by atoms with Gasteiger partial charge in [-0.25, -0.2) is 9.97 Å². The number of aliphatic hydroxyl groups excluding tert-OH is 1. The first kappa shape index (κ1) is 13.8. The van der Waals surface area contributed by atoms with Gasteiger partial charge in [0, 0.05) is 29.1 Å². The van der Waals surface area contributed by atoms with Gasteiger partial charge in [0.25, 0.3) is 0 Å². The molecule has 1 aliphatic heterocycles. The van der Waals surface area contributed by atoms with Gasteiger partial charge >= 0.3 is 0 Å². The summed E-state index contributed by atoms with van der Waals surface area (Å²) in [5, 5.41) is 10.3. The van der Waals surface area contributed by atoms with Crippen LogP contribution in [0.1, 0.15) is 25.7 Å². The smallest absolute Gasteiger partial charge is 0.140 e. The van der Waals surface area contributed by atoms with Crippen molar-refractivity contribution in [1.29, 1.82) is 0 Å². The van der Waals surface area contributed by atoms with Gasteiger partial charge in [-0.1, -0.05) is 15.9 Å². The minimum Gasteiger partial charge on any atom is -0.396 e. The number of halogens is 1. The lowest BCUT2D eigenvalue weighted by Gasteiger charge is -2.37. The third kappa shape index (κ3) is 2.65. The number of nitrogens with zero attached hydrogens (tertiary/aromatic N) is 3. The Kier molecular flexibility index (Phi) is 4.17. The molecule has 0 aliphatic carbocycles. The SMILES string of the molecule is OCCC1CCCCN1c1ncnc2ccc(Br)cc12. The van der Waals surface area contributed by atoms with Crippen molar-refractivity contribution in [3.8, 4) is 0 Å². The van der Waals surface area contributed by atoms with E-state index in [1.807, 2.05) is 12.1 Å². The second kappa shape index (κ2) is 6.06. The number of fused-ring (bicyclic) bond motifs is 1. The average molecular weight is 336 g/mol. The summed E-state index contributed by atoms with van der Waals surface area (Å²) in [5.74, 6) is 0.995. The zero-order valence-corrected chi connectivity index (χ0v) is 12.9. The molecule has 1 N–H and O–H groups in total. The van der Waals surface area contributed by atoms with E-state index in [1.54, 1.807) is 6.33 Å². The Morgan fingerprint density at radius 3 is 3.05 bits per heavy atom. The summed E-state index contributed by atoms with van der Waals surface area (Å²) in [6.07, 6.45) is 5.98. The van der Waals surface area contributed by atoms with E-state index in [4.69, 9.17) is 0 Å². The van der Waals surface area contributed by atoms with Crippen molar-refractivity contribution >= 4 is 32.7 Å². The molecule has 0 radical (unpaired) electrons. The summed E-state index contributed by atoms with van der Waals surface area (Å²) in [6, 6.07) is 6.47. The predicted molar refractivity (Wildman–Crippen MR) is 83.9 cm³/mol. The van der Waals surface area contributed by atoms with E-state index in [-0.39, 0.29) is 6.61 Å². The van der Waals surface area contributed by atoms with Crippen molar-refractivity contribution < 1.29 is 5.11 Å². The van der Waals surface area contributed by atoms with Crippen molar-refractivity contribution in [1.82, 2.24) is 9.97 Å². The molecule has 0 bridgehead atoms. The van der Waals surface area contributed by atoms with Gasteiger partial charge in [-0.15, -0.1) is 0 Å². The molecule has 3 rings (SSSR count). The molecule has 106 valence electrons. The van der Waals surface area contributed by atoms with Gasteiger partial charge in [-0.2, -0.15) is 0 Å². The second-order valence-corrected chi connectivity index (χ2v) is 6.13. The number of hydrogen-bond donors (Lipinski definition) is 1. The number of benzene rings is 1. The number of anilines is 1. The summed E-state index contributed by atoms with van der Waals surface area (Å²) >= 11 is 3.52. The molecule has 1 unspecified atom stereocenters. The summed E-state index contributed by atoms with van der Waals surface area (Å²) in [7, 11) is 0. The number of rotatable bonds is 3. The maximum absolute atomic E-state index is 9.27. The van der Waals surface area contributed by atoms with Crippen molar-refractivity contribution in [2.24, 2.45) is 0 Å².